The van der Waals surface area contributed by atoms with Crippen LogP contribution in [0.5, 0.6) is 11.5 Å². The van der Waals surface area contributed by atoms with Crippen LogP contribution in [-0.4, -0.2) is 46.7 Å². The monoisotopic (exact) mass is 419 g/mol. The fraction of sp³-hybridized carbons (Fsp3) is 0.348. The predicted molar refractivity (Wildman–Crippen MR) is 108 cm³/mol. The fourth-order valence-corrected chi connectivity index (χ4v) is 5.08. The van der Waals surface area contributed by atoms with E-state index in [9.17, 15) is 9.59 Å². The summed E-state index contributed by atoms with van der Waals surface area (Å²) in [6, 6.07) is 9.41. The van der Waals surface area contributed by atoms with Gasteiger partial charge in [0.25, 0.3) is 0 Å². The minimum Gasteiger partial charge on any atom is -0.454 e. The van der Waals surface area contributed by atoms with Gasteiger partial charge in [-0.2, -0.15) is 0 Å². The van der Waals surface area contributed by atoms with E-state index in [0.29, 0.717) is 31.1 Å². The molecule has 1 aromatic heterocycles. The molecule has 2 aromatic rings. The van der Waals surface area contributed by atoms with Crippen LogP contribution in [0.15, 0.2) is 54.9 Å². The number of nitrogens with zero attached hydrogens (tertiary/aromatic N) is 2. The fourth-order valence-electron chi connectivity index (χ4n) is 5.08. The van der Waals surface area contributed by atoms with Gasteiger partial charge in [-0.15, -0.1) is 0 Å². The van der Waals surface area contributed by atoms with Gasteiger partial charge in [0.2, 0.25) is 18.6 Å². The molecular weight excluding hydrogens is 398 g/mol. The molecule has 2 bridgehead atoms. The van der Waals surface area contributed by atoms with Gasteiger partial charge < -0.3 is 24.4 Å². The van der Waals surface area contributed by atoms with E-state index in [4.69, 9.17) is 14.2 Å². The number of benzene rings is 1. The molecule has 31 heavy (non-hydrogen) atoms. The number of carbonyl (C=O) groups is 2. The Labute approximate surface area is 178 Å². The first kappa shape index (κ1) is 18.4. The number of likely N-dealkylation sites (tertiary alicyclic amines) is 1. The van der Waals surface area contributed by atoms with Crippen LogP contribution < -0.4 is 14.8 Å². The van der Waals surface area contributed by atoms with Crippen molar-refractivity contribution in [2.45, 2.75) is 24.8 Å². The third kappa shape index (κ3) is 2.90. The lowest BCUT2D eigenvalue weighted by Crippen LogP contribution is -2.43. The smallest absolute Gasteiger partial charge is 0.231 e. The largest absolute Gasteiger partial charge is 0.454 e. The summed E-state index contributed by atoms with van der Waals surface area (Å²) < 4.78 is 17.0. The molecule has 0 saturated carbocycles. The number of fused-ring (bicyclic) bond motifs is 2. The number of hydrogen-bond donors (Lipinski definition) is 1. The number of rotatable bonds is 5. The molecule has 6 rings (SSSR count). The summed E-state index contributed by atoms with van der Waals surface area (Å²) in [7, 11) is 0. The van der Waals surface area contributed by atoms with Gasteiger partial charge in [-0.1, -0.05) is 24.3 Å². The first-order chi connectivity index (χ1) is 15.1. The maximum atomic E-state index is 13.4. The van der Waals surface area contributed by atoms with E-state index in [1.807, 2.05) is 42.5 Å². The van der Waals surface area contributed by atoms with Gasteiger partial charge in [-0.05, 0) is 29.3 Å². The lowest BCUT2D eigenvalue weighted by Gasteiger charge is -2.23. The number of nitrogens with one attached hydrogen (secondary N) is 1. The van der Waals surface area contributed by atoms with Crippen molar-refractivity contribution in [2.75, 3.05) is 13.3 Å². The summed E-state index contributed by atoms with van der Waals surface area (Å²) in [5.41, 5.74) is 1.13. The predicted octanol–water partition coefficient (Wildman–Crippen LogP) is 1.41. The molecule has 4 atom stereocenters. The Morgan fingerprint density at radius 1 is 1.23 bits per heavy atom. The number of carbonyl (C=O) groups excluding carboxylic acids is 2. The zero-order chi connectivity index (χ0) is 21.0. The standard InChI is InChI=1S/C23H21N3O5/c27-21(25-10-15-2-1-7-24-9-15)19-17-5-6-23(31-17)12-26(22(28)20(19)23)11-14-3-4-16-18(8-14)30-13-29-16/h1-9,17,19-20H,10-13H2,(H,25,27)/t17-,19-,20-,23+/m1/s1. The minimum absolute atomic E-state index is 0.0500. The van der Waals surface area contributed by atoms with E-state index < -0.39 is 17.4 Å². The normalized spacial score (nSPS) is 29.5. The lowest BCUT2D eigenvalue weighted by molar-refractivity contribution is -0.137. The third-order valence-electron chi connectivity index (χ3n) is 6.48. The van der Waals surface area contributed by atoms with Gasteiger partial charge in [0.1, 0.15) is 5.60 Å². The second-order valence-electron chi connectivity index (χ2n) is 8.36. The molecule has 1 aromatic carbocycles. The first-order valence-corrected chi connectivity index (χ1v) is 10.3. The van der Waals surface area contributed by atoms with E-state index in [0.717, 1.165) is 11.1 Å². The second kappa shape index (κ2) is 6.81. The Balaban J connectivity index is 1.19. The maximum absolute atomic E-state index is 13.4. The van der Waals surface area contributed by atoms with Crippen molar-refractivity contribution in [2.24, 2.45) is 11.8 Å². The minimum atomic E-state index is -0.728. The molecule has 158 valence electrons. The summed E-state index contributed by atoms with van der Waals surface area (Å²) in [6.45, 7) is 1.45. The van der Waals surface area contributed by atoms with Crippen molar-refractivity contribution < 1.29 is 23.8 Å². The Bertz CT molecular complexity index is 1090. The first-order valence-electron chi connectivity index (χ1n) is 10.3. The van der Waals surface area contributed by atoms with Gasteiger partial charge in [-0.25, -0.2) is 0 Å². The summed E-state index contributed by atoms with van der Waals surface area (Å²) in [5, 5.41) is 2.95. The maximum Gasteiger partial charge on any atom is 0.231 e. The van der Waals surface area contributed by atoms with Crippen molar-refractivity contribution in [3.8, 4) is 11.5 Å². The molecule has 2 saturated heterocycles. The molecule has 2 amide bonds. The summed E-state index contributed by atoms with van der Waals surface area (Å²) in [5.74, 6) is 0.144. The Morgan fingerprint density at radius 3 is 3.00 bits per heavy atom. The SMILES string of the molecule is O=C(NCc1cccnc1)[C@@H]1[C@H]2C=C[C@@]3(CN(Cc4ccc5c(c4)OCO5)C(=O)[C@@H]13)O2. The molecular formula is C23H21N3O5. The van der Waals surface area contributed by atoms with E-state index in [1.165, 1.54) is 0 Å². The van der Waals surface area contributed by atoms with Gasteiger partial charge in [0.05, 0.1) is 24.5 Å². The molecule has 4 aliphatic rings. The molecule has 0 radical (unpaired) electrons. The summed E-state index contributed by atoms with van der Waals surface area (Å²) in [4.78, 5) is 32.2. The van der Waals surface area contributed by atoms with E-state index >= 15 is 0 Å². The molecule has 8 nitrogen and oxygen atoms in total. The van der Waals surface area contributed by atoms with Gasteiger partial charge in [0, 0.05) is 25.5 Å². The van der Waals surface area contributed by atoms with Gasteiger partial charge >= 0.3 is 0 Å². The van der Waals surface area contributed by atoms with Crippen molar-refractivity contribution >= 4 is 11.8 Å². The number of aromatic nitrogens is 1. The van der Waals surface area contributed by atoms with Crippen LogP contribution in [0.1, 0.15) is 11.1 Å². The second-order valence-corrected chi connectivity index (χ2v) is 8.36. The van der Waals surface area contributed by atoms with Crippen LogP contribution >= 0.6 is 0 Å². The van der Waals surface area contributed by atoms with Gasteiger partial charge in [-0.3, -0.25) is 14.6 Å². The highest BCUT2D eigenvalue weighted by Crippen LogP contribution is 2.52. The van der Waals surface area contributed by atoms with Crippen LogP contribution in [-0.2, 0) is 27.4 Å². The number of hydrogen-bond acceptors (Lipinski definition) is 6. The third-order valence-corrected chi connectivity index (χ3v) is 6.48. The molecule has 5 heterocycles. The molecule has 0 unspecified atom stereocenters. The van der Waals surface area contributed by atoms with Crippen LogP contribution in [0.2, 0.25) is 0 Å². The molecule has 1 N–H and O–H groups in total. The zero-order valence-corrected chi connectivity index (χ0v) is 16.7. The Hall–Kier alpha value is -3.39. The highest BCUT2D eigenvalue weighted by atomic mass is 16.7. The van der Waals surface area contributed by atoms with Crippen molar-refractivity contribution in [1.82, 2.24) is 15.2 Å². The van der Waals surface area contributed by atoms with Crippen molar-refractivity contribution in [3.63, 3.8) is 0 Å². The number of ether oxygens (including phenoxy) is 3. The quantitative estimate of drug-likeness (QED) is 0.737. The number of amides is 2. The van der Waals surface area contributed by atoms with Crippen molar-refractivity contribution in [3.05, 3.63) is 66.0 Å². The van der Waals surface area contributed by atoms with E-state index in [-0.39, 0.29) is 24.7 Å². The highest BCUT2D eigenvalue weighted by Gasteiger charge is 2.66. The molecule has 0 aliphatic carbocycles. The molecule has 8 heteroatoms. The lowest BCUT2D eigenvalue weighted by atomic mass is 9.77. The molecule has 4 aliphatic heterocycles. The summed E-state index contributed by atoms with van der Waals surface area (Å²) >= 11 is 0. The van der Waals surface area contributed by atoms with E-state index in [2.05, 4.69) is 10.3 Å². The number of pyridine rings is 1. The average Bonchev–Trinajstić information content (AvgIpc) is 3.54. The molecule has 1 spiro atoms. The van der Waals surface area contributed by atoms with Crippen molar-refractivity contribution in [1.29, 1.82) is 0 Å². The van der Waals surface area contributed by atoms with Gasteiger partial charge in [0.15, 0.2) is 11.5 Å². The summed E-state index contributed by atoms with van der Waals surface area (Å²) in [6.07, 6.45) is 6.92. The topological polar surface area (TPSA) is 90.0 Å². The zero-order valence-electron chi connectivity index (χ0n) is 16.7. The molecule has 2 fully saturated rings. The highest BCUT2D eigenvalue weighted by molar-refractivity contribution is 5.93. The van der Waals surface area contributed by atoms with E-state index in [1.54, 1.807) is 17.3 Å². The van der Waals surface area contributed by atoms with Crippen LogP contribution in [0.25, 0.3) is 0 Å². The average molecular weight is 419 g/mol. The van der Waals surface area contributed by atoms with Crippen LogP contribution in [0, 0.1) is 11.8 Å². The van der Waals surface area contributed by atoms with Crippen LogP contribution in [0.4, 0.5) is 0 Å². The Morgan fingerprint density at radius 2 is 2.13 bits per heavy atom. The van der Waals surface area contributed by atoms with Crippen LogP contribution in [0.3, 0.4) is 0 Å². The Kier molecular flexibility index (Phi) is 4.04.